The van der Waals surface area contributed by atoms with Crippen molar-refractivity contribution in [1.29, 1.82) is 0 Å². The highest BCUT2D eigenvalue weighted by Crippen LogP contribution is 2.37. The Balaban J connectivity index is 2.68. The molecule has 0 bridgehead atoms. The average molecular weight is 288 g/mol. The zero-order valence-corrected chi connectivity index (χ0v) is 10.7. The van der Waals surface area contributed by atoms with Crippen molar-refractivity contribution in [2.75, 3.05) is 0 Å². The SMILES string of the molecule is CC(C)c1c(Br)[nH]c2cc(C(=O)O)sc12. The number of carboxylic acid groups (broad SMARTS) is 1. The number of halogens is 1. The Hall–Kier alpha value is -0.810. The lowest BCUT2D eigenvalue weighted by molar-refractivity contribution is 0.0702. The lowest BCUT2D eigenvalue weighted by Gasteiger charge is -2.01. The van der Waals surface area contributed by atoms with E-state index in [-0.39, 0.29) is 0 Å². The van der Waals surface area contributed by atoms with Crippen LogP contribution in [0.25, 0.3) is 10.2 Å². The van der Waals surface area contributed by atoms with Crippen molar-refractivity contribution in [2.24, 2.45) is 0 Å². The van der Waals surface area contributed by atoms with E-state index in [1.54, 1.807) is 6.07 Å². The second kappa shape index (κ2) is 3.64. The summed E-state index contributed by atoms with van der Waals surface area (Å²) in [6.07, 6.45) is 0. The predicted molar refractivity (Wildman–Crippen MR) is 64.9 cm³/mol. The first kappa shape index (κ1) is 10.7. The van der Waals surface area contributed by atoms with Crippen LogP contribution in [0.15, 0.2) is 10.7 Å². The Morgan fingerprint density at radius 2 is 2.27 bits per heavy atom. The molecule has 0 saturated carbocycles. The van der Waals surface area contributed by atoms with Crippen LogP contribution < -0.4 is 0 Å². The molecule has 3 nitrogen and oxygen atoms in total. The Bertz CT molecular complexity index is 527. The third-order valence-corrected chi connectivity index (χ3v) is 4.03. The number of carboxylic acids is 1. The minimum atomic E-state index is -0.865. The van der Waals surface area contributed by atoms with E-state index in [1.807, 2.05) is 0 Å². The van der Waals surface area contributed by atoms with E-state index in [1.165, 1.54) is 11.3 Å². The quantitative estimate of drug-likeness (QED) is 0.882. The summed E-state index contributed by atoms with van der Waals surface area (Å²) >= 11 is 4.77. The molecule has 80 valence electrons. The van der Waals surface area contributed by atoms with Gasteiger partial charge in [0, 0.05) is 5.56 Å². The van der Waals surface area contributed by atoms with E-state index < -0.39 is 5.97 Å². The summed E-state index contributed by atoms with van der Waals surface area (Å²) in [6, 6.07) is 1.68. The van der Waals surface area contributed by atoms with Gasteiger partial charge < -0.3 is 10.1 Å². The summed E-state index contributed by atoms with van der Waals surface area (Å²) < 4.78 is 1.99. The Morgan fingerprint density at radius 1 is 1.60 bits per heavy atom. The van der Waals surface area contributed by atoms with Crippen molar-refractivity contribution in [1.82, 2.24) is 4.98 Å². The van der Waals surface area contributed by atoms with Crippen LogP contribution in [0, 0.1) is 0 Å². The van der Waals surface area contributed by atoms with Crippen molar-refractivity contribution in [3.05, 3.63) is 21.1 Å². The van der Waals surface area contributed by atoms with Gasteiger partial charge in [0.2, 0.25) is 0 Å². The van der Waals surface area contributed by atoms with Gasteiger partial charge in [0.25, 0.3) is 0 Å². The standard InChI is InChI=1S/C10H10BrNO2S/c1-4(2)7-8-5(12-9(7)11)3-6(15-8)10(13)14/h3-4,12H,1-2H3,(H,13,14). The molecule has 2 heterocycles. The highest BCUT2D eigenvalue weighted by atomic mass is 79.9. The number of fused-ring (bicyclic) bond motifs is 1. The summed E-state index contributed by atoms with van der Waals surface area (Å²) in [4.78, 5) is 14.3. The van der Waals surface area contributed by atoms with Crippen LogP contribution >= 0.6 is 27.3 Å². The number of thiophene rings is 1. The molecule has 0 aliphatic carbocycles. The number of aromatic carboxylic acids is 1. The van der Waals surface area contributed by atoms with Gasteiger partial charge in [0.05, 0.1) is 14.8 Å². The number of hydrogen-bond donors (Lipinski definition) is 2. The maximum absolute atomic E-state index is 10.8. The maximum atomic E-state index is 10.8. The van der Waals surface area contributed by atoms with Crippen LogP contribution in [0.4, 0.5) is 0 Å². The number of hydrogen-bond acceptors (Lipinski definition) is 2. The second-order valence-corrected chi connectivity index (χ2v) is 5.51. The largest absolute Gasteiger partial charge is 0.477 e. The van der Waals surface area contributed by atoms with Gasteiger partial charge in [0.1, 0.15) is 4.88 Å². The molecule has 2 aromatic heterocycles. The molecule has 0 aliphatic heterocycles. The van der Waals surface area contributed by atoms with Gasteiger partial charge in [-0.1, -0.05) is 13.8 Å². The number of aromatic amines is 1. The van der Waals surface area contributed by atoms with Gasteiger partial charge in [-0.25, -0.2) is 4.79 Å². The van der Waals surface area contributed by atoms with Crippen LogP contribution in [0.5, 0.6) is 0 Å². The van der Waals surface area contributed by atoms with Gasteiger partial charge in [-0.15, -0.1) is 11.3 Å². The normalized spacial score (nSPS) is 11.5. The summed E-state index contributed by atoms with van der Waals surface area (Å²) in [5.41, 5.74) is 2.05. The van der Waals surface area contributed by atoms with Crippen molar-refractivity contribution < 1.29 is 9.90 Å². The minimum absolute atomic E-state index is 0.369. The molecule has 0 fully saturated rings. The van der Waals surface area contributed by atoms with Crippen LogP contribution in [0.3, 0.4) is 0 Å². The van der Waals surface area contributed by atoms with Crippen molar-refractivity contribution in [2.45, 2.75) is 19.8 Å². The van der Waals surface area contributed by atoms with Crippen molar-refractivity contribution in [3.8, 4) is 0 Å². The molecule has 2 rings (SSSR count). The molecule has 0 unspecified atom stereocenters. The first-order valence-corrected chi connectivity index (χ1v) is 6.16. The Morgan fingerprint density at radius 3 is 2.80 bits per heavy atom. The first-order valence-electron chi connectivity index (χ1n) is 4.55. The van der Waals surface area contributed by atoms with E-state index >= 15 is 0 Å². The van der Waals surface area contributed by atoms with Gasteiger partial charge in [-0.3, -0.25) is 0 Å². The van der Waals surface area contributed by atoms with E-state index in [9.17, 15) is 4.79 Å². The fourth-order valence-corrected chi connectivity index (χ4v) is 3.74. The van der Waals surface area contributed by atoms with E-state index in [0.717, 1.165) is 20.4 Å². The predicted octanol–water partition coefficient (Wildman–Crippen LogP) is 3.81. The van der Waals surface area contributed by atoms with Crippen LogP contribution in [0.2, 0.25) is 0 Å². The lowest BCUT2D eigenvalue weighted by atomic mass is 10.1. The molecule has 0 aliphatic rings. The number of carbonyl (C=O) groups is 1. The summed E-state index contributed by atoms with van der Waals surface area (Å²) in [6.45, 7) is 4.18. The van der Waals surface area contributed by atoms with E-state index in [2.05, 4.69) is 34.8 Å². The molecule has 2 aromatic rings. The van der Waals surface area contributed by atoms with Gasteiger partial charge in [-0.05, 0) is 27.9 Å². The number of H-pyrrole nitrogens is 1. The molecule has 0 atom stereocenters. The van der Waals surface area contributed by atoms with Crippen molar-refractivity contribution >= 4 is 43.5 Å². The molecular weight excluding hydrogens is 278 g/mol. The molecule has 15 heavy (non-hydrogen) atoms. The molecule has 0 aromatic carbocycles. The van der Waals surface area contributed by atoms with Crippen LogP contribution in [-0.4, -0.2) is 16.1 Å². The number of nitrogens with one attached hydrogen (secondary N) is 1. The van der Waals surface area contributed by atoms with Gasteiger partial charge >= 0.3 is 5.97 Å². The monoisotopic (exact) mass is 287 g/mol. The Kier molecular flexibility index (Phi) is 2.60. The summed E-state index contributed by atoms with van der Waals surface area (Å²) in [7, 11) is 0. The number of rotatable bonds is 2. The molecule has 0 amide bonds. The van der Waals surface area contributed by atoms with Gasteiger partial charge in [0.15, 0.2) is 0 Å². The summed E-state index contributed by atoms with van der Waals surface area (Å²) in [5, 5.41) is 8.89. The molecular formula is C10H10BrNO2S. The Labute approximate surface area is 99.2 Å². The fourth-order valence-electron chi connectivity index (χ4n) is 1.59. The molecule has 0 radical (unpaired) electrons. The highest BCUT2D eigenvalue weighted by molar-refractivity contribution is 9.10. The van der Waals surface area contributed by atoms with Crippen LogP contribution in [0.1, 0.15) is 35.0 Å². The van der Waals surface area contributed by atoms with Crippen LogP contribution in [-0.2, 0) is 0 Å². The molecule has 0 saturated heterocycles. The molecule has 0 spiro atoms. The maximum Gasteiger partial charge on any atom is 0.345 e. The van der Waals surface area contributed by atoms with E-state index in [0.29, 0.717) is 10.8 Å². The lowest BCUT2D eigenvalue weighted by Crippen LogP contribution is -1.90. The van der Waals surface area contributed by atoms with Crippen molar-refractivity contribution in [3.63, 3.8) is 0 Å². The molecule has 2 N–H and O–H groups in total. The zero-order chi connectivity index (χ0) is 11.2. The highest BCUT2D eigenvalue weighted by Gasteiger charge is 2.17. The smallest absolute Gasteiger partial charge is 0.345 e. The number of aromatic nitrogens is 1. The van der Waals surface area contributed by atoms with Gasteiger partial charge in [-0.2, -0.15) is 0 Å². The second-order valence-electron chi connectivity index (χ2n) is 3.67. The minimum Gasteiger partial charge on any atom is -0.477 e. The molecule has 5 heteroatoms. The first-order chi connectivity index (χ1) is 7.00. The third-order valence-electron chi connectivity index (χ3n) is 2.25. The summed E-state index contributed by atoms with van der Waals surface area (Å²) in [5.74, 6) is -0.496. The third kappa shape index (κ3) is 1.70. The van der Waals surface area contributed by atoms with E-state index in [4.69, 9.17) is 5.11 Å². The zero-order valence-electron chi connectivity index (χ0n) is 8.30. The topological polar surface area (TPSA) is 53.1 Å². The fraction of sp³-hybridized carbons (Fsp3) is 0.300. The average Bonchev–Trinajstić information content (AvgIpc) is 2.58.